The van der Waals surface area contributed by atoms with Gasteiger partial charge in [-0.05, 0) is 38.8 Å². The maximum absolute atomic E-state index is 12.8. The van der Waals surface area contributed by atoms with E-state index in [9.17, 15) is 18.0 Å². The van der Waals surface area contributed by atoms with Gasteiger partial charge in [-0.25, -0.2) is 4.98 Å². The minimum absolute atomic E-state index is 0.0165. The number of hydrogen-bond acceptors (Lipinski definition) is 10. The van der Waals surface area contributed by atoms with Gasteiger partial charge < -0.3 is 20.1 Å². The number of nitrogens with one attached hydrogen (secondary N) is 2. The smallest absolute Gasteiger partial charge is 0.296 e. The Bertz CT molecular complexity index is 1080. The number of ketones is 1. The van der Waals surface area contributed by atoms with Gasteiger partial charge in [0, 0.05) is 25.6 Å². The summed E-state index contributed by atoms with van der Waals surface area (Å²) in [5.74, 6) is 0.163. The molecular formula is C19H26N6O6S. The van der Waals surface area contributed by atoms with E-state index in [1.54, 1.807) is 11.8 Å². The first-order valence-corrected chi connectivity index (χ1v) is 11.5. The highest BCUT2D eigenvalue weighted by Crippen LogP contribution is 2.21. The second-order valence-electron chi connectivity index (χ2n) is 8.19. The molecule has 1 fully saturated rings. The molecule has 1 aliphatic rings. The largest absolute Gasteiger partial charge is 0.368 e. The summed E-state index contributed by atoms with van der Waals surface area (Å²) >= 11 is 0. The molecule has 3 heterocycles. The number of rotatable bonds is 9. The molecule has 3 N–H and O–H groups in total. The van der Waals surface area contributed by atoms with Crippen LogP contribution in [-0.2, 0) is 14.9 Å². The third-order valence-corrected chi connectivity index (χ3v) is 5.92. The fraction of sp³-hybridized carbons (Fsp3) is 0.526. The summed E-state index contributed by atoms with van der Waals surface area (Å²) in [4.78, 5) is 34.6. The molecule has 1 aliphatic heterocycles. The number of likely N-dealkylation sites (tertiary alicyclic amines) is 1. The van der Waals surface area contributed by atoms with Crippen molar-refractivity contribution in [1.29, 1.82) is 0 Å². The third-order valence-electron chi connectivity index (χ3n) is 5.09. The first kappa shape index (κ1) is 23.8. The number of nitrogens with zero attached hydrogens (tertiary/aromatic N) is 4. The number of aryl methyl sites for hydroxylation is 1. The van der Waals surface area contributed by atoms with Crippen LogP contribution in [0.25, 0.3) is 0 Å². The average Bonchev–Trinajstić information content (AvgIpc) is 3.39. The summed E-state index contributed by atoms with van der Waals surface area (Å²) in [5.41, 5.74) is -0.525. The molecule has 1 amide bonds. The van der Waals surface area contributed by atoms with Gasteiger partial charge in [0.25, 0.3) is 10.1 Å². The number of Topliss-reactive ketones (excluding diaryl/α,β-unsaturated/α-hetero) is 1. The average molecular weight is 467 g/mol. The van der Waals surface area contributed by atoms with Crippen molar-refractivity contribution in [3.63, 3.8) is 0 Å². The van der Waals surface area contributed by atoms with Gasteiger partial charge in [-0.3, -0.25) is 14.1 Å². The highest BCUT2D eigenvalue weighted by molar-refractivity contribution is 7.85. The zero-order valence-corrected chi connectivity index (χ0v) is 18.8. The van der Waals surface area contributed by atoms with Crippen molar-refractivity contribution < 1.29 is 27.1 Å². The van der Waals surface area contributed by atoms with E-state index in [0.717, 1.165) is 12.6 Å². The SMILES string of the molecule is Cc1nc(C(=O)C2CCCN2C(=O)CNC(C)(C)CNc2ccc(S(=O)(=O)O)cn2)no1. The van der Waals surface area contributed by atoms with E-state index >= 15 is 0 Å². The molecule has 3 rings (SSSR count). The van der Waals surface area contributed by atoms with Gasteiger partial charge >= 0.3 is 0 Å². The van der Waals surface area contributed by atoms with Crippen LogP contribution in [0.3, 0.4) is 0 Å². The standard InChI is InChI=1S/C19H26N6O6S/c1-12-23-18(24-31-12)17(27)14-5-4-8-25(14)16(26)10-22-19(2,3)11-21-15-7-6-13(9-20-15)32(28,29)30/h6-7,9,14,22H,4-5,8,10-11H2,1-3H3,(H,20,21)(H,28,29,30). The zero-order chi connectivity index (χ0) is 23.5. The number of carbonyl (C=O) groups is 2. The molecule has 174 valence electrons. The Balaban J connectivity index is 1.53. The number of anilines is 1. The molecule has 0 bridgehead atoms. The summed E-state index contributed by atoms with van der Waals surface area (Å²) in [6, 6.07) is 2.07. The molecule has 32 heavy (non-hydrogen) atoms. The van der Waals surface area contributed by atoms with Crippen LogP contribution in [0, 0.1) is 6.92 Å². The molecule has 1 atom stereocenters. The number of amides is 1. The van der Waals surface area contributed by atoms with E-state index in [1.807, 2.05) is 13.8 Å². The molecule has 0 aromatic carbocycles. The quantitative estimate of drug-likeness (QED) is 0.351. The van der Waals surface area contributed by atoms with Gasteiger partial charge in [0.1, 0.15) is 10.7 Å². The summed E-state index contributed by atoms with van der Waals surface area (Å²) in [6.07, 6.45) is 2.32. The predicted molar refractivity (Wildman–Crippen MR) is 113 cm³/mol. The lowest BCUT2D eigenvalue weighted by Gasteiger charge is -2.29. The summed E-state index contributed by atoms with van der Waals surface area (Å²) in [6.45, 7) is 6.25. The van der Waals surface area contributed by atoms with Crippen LogP contribution in [0.1, 0.15) is 43.2 Å². The lowest BCUT2D eigenvalue weighted by Crippen LogP contribution is -2.51. The normalized spacial score (nSPS) is 16.9. The monoisotopic (exact) mass is 466 g/mol. The molecule has 0 radical (unpaired) electrons. The first-order valence-electron chi connectivity index (χ1n) is 10.0. The van der Waals surface area contributed by atoms with E-state index in [-0.39, 0.29) is 29.0 Å². The van der Waals surface area contributed by atoms with E-state index in [1.165, 1.54) is 12.1 Å². The molecule has 1 saturated heterocycles. The van der Waals surface area contributed by atoms with Gasteiger partial charge in [0.15, 0.2) is 0 Å². The summed E-state index contributed by atoms with van der Waals surface area (Å²) in [7, 11) is -4.30. The Labute approximate surface area is 185 Å². The van der Waals surface area contributed by atoms with Crippen LogP contribution in [0.15, 0.2) is 27.7 Å². The molecule has 12 nitrogen and oxygen atoms in total. The van der Waals surface area contributed by atoms with Gasteiger partial charge in [-0.1, -0.05) is 5.16 Å². The van der Waals surface area contributed by atoms with Crippen LogP contribution in [-0.4, -0.2) is 75.9 Å². The molecule has 1 unspecified atom stereocenters. The van der Waals surface area contributed by atoms with Crippen molar-refractivity contribution in [3.8, 4) is 0 Å². The van der Waals surface area contributed by atoms with Gasteiger partial charge in [-0.2, -0.15) is 13.4 Å². The lowest BCUT2D eigenvalue weighted by molar-refractivity contribution is -0.130. The second-order valence-corrected chi connectivity index (χ2v) is 9.61. The highest BCUT2D eigenvalue weighted by atomic mass is 32.2. The van der Waals surface area contributed by atoms with Gasteiger partial charge in [0.2, 0.25) is 23.4 Å². The van der Waals surface area contributed by atoms with Crippen molar-refractivity contribution in [2.24, 2.45) is 0 Å². The minimum Gasteiger partial charge on any atom is -0.368 e. The molecule has 2 aromatic heterocycles. The summed E-state index contributed by atoms with van der Waals surface area (Å²) in [5, 5.41) is 9.88. The predicted octanol–water partition coefficient (Wildman–Crippen LogP) is 0.674. The topological polar surface area (TPSA) is 168 Å². The van der Waals surface area contributed by atoms with Crippen LogP contribution >= 0.6 is 0 Å². The molecule has 2 aromatic rings. The number of pyridine rings is 1. The third kappa shape index (κ3) is 5.87. The zero-order valence-electron chi connectivity index (χ0n) is 18.0. The van der Waals surface area contributed by atoms with E-state index in [2.05, 4.69) is 25.8 Å². The molecule has 0 saturated carbocycles. The van der Waals surface area contributed by atoms with Gasteiger partial charge in [0.05, 0.1) is 18.8 Å². The van der Waals surface area contributed by atoms with Crippen molar-refractivity contribution in [2.45, 2.75) is 50.1 Å². The fourth-order valence-corrected chi connectivity index (χ4v) is 3.74. The number of carbonyl (C=O) groups excluding carboxylic acids is 2. The van der Waals surface area contributed by atoms with Crippen molar-refractivity contribution in [2.75, 3.05) is 25.0 Å². The minimum atomic E-state index is -4.30. The fourth-order valence-electron chi connectivity index (χ4n) is 3.31. The second kappa shape index (κ2) is 9.30. The van der Waals surface area contributed by atoms with Crippen molar-refractivity contribution in [1.82, 2.24) is 25.3 Å². The molecular weight excluding hydrogens is 440 g/mol. The van der Waals surface area contributed by atoms with Crippen LogP contribution < -0.4 is 10.6 Å². The molecule has 0 aliphatic carbocycles. The van der Waals surface area contributed by atoms with Crippen LogP contribution in [0.4, 0.5) is 5.82 Å². The Morgan fingerprint density at radius 2 is 2.09 bits per heavy atom. The van der Waals surface area contributed by atoms with E-state index < -0.39 is 21.7 Å². The molecule has 0 spiro atoms. The Kier molecular flexibility index (Phi) is 6.91. The lowest BCUT2D eigenvalue weighted by atomic mass is 10.1. The van der Waals surface area contributed by atoms with E-state index in [4.69, 9.17) is 9.08 Å². The Morgan fingerprint density at radius 3 is 2.69 bits per heavy atom. The maximum atomic E-state index is 12.8. The van der Waals surface area contributed by atoms with Crippen molar-refractivity contribution in [3.05, 3.63) is 30.0 Å². The first-order chi connectivity index (χ1) is 15.0. The Morgan fingerprint density at radius 1 is 1.34 bits per heavy atom. The highest BCUT2D eigenvalue weighted by Gasteiger charge is 2.36. The number of aromatic nitrogens is 3. The van der Waals surface area contributed by atoms with Crippen LogP contribution in [0.2, 0.25) is 0 Å². The van der Waals surface area contributed by atoms with Crippen molar-refractivity contribution >= 4 is 27.6 Å². The number of hydrogen-bond donors (Lipinski definition) is 3. The maximum Gasteiger partial charge on any atom is 0.296 e. The van der Waals surface area contributed by atoms with Gasteiger partial charge in [-0.15, -0.1) is 0 Å². The molecule has 13 heteroatoms. The Hall–Kier alpha value is -2.90. The van der Waals surface area contributed by atoms with E-state index in [0.29, 0.717) is 31.2 Å². The summed E-state index contributed by atoms with van der Waals surface area (Å²) < 4.78 is 36.0. The van der Waals surface area contributed by atoms with Crippen LogP contribution in [0.5, 0.6) is 0 Å².